The van der Waals surface area contributed by atoms with Crippen molar-refractivity contribution < 1.29 is 0 Å². The highest BCUT2D eigenvalue weighted by Crippen LogP contribution is 2.31. The molecule has 0 aromatic heterocycles. The van der Waals surface area contributed by atoms with Gasteiger partial charge in [0.05, 0.1) is 0 Å². The summed E-state index contributed by atoms with van der Waals surface area (Å²) in [5.41, 5.74) is 0.894. The molecule has 0 radical (unpaired) electrons. The summed E-state index contributed by atoms with van der Waals surface area (Å²) in [4.78, 5) is 0. The van der Waals surface area contributed by atoms with Crippen LogP contribution in [0.15, 0.2) is 0 Å². The van der Waals surface area contributed by atoms with Crippen molar-refractivity contribution in [2.75, 3.05) is 0 Å². The third kappa shape index (κ3) is 3.44. The summed E-state index contributed by atoms with van der Waals surface area (Å²) in [6.07, 6.45) is 0. The monoisotopic (exact) mass is 136 g/mol. The molecule has 3 unspecified atom stereocenters. The third-order valence-corrected chi connectivity index (χ3v) is 4.03. The first-order chi connectivity index (χ1) is 3.18. The second-order valence-corrected chi connectivity index (χ2v) is 4.44. The van der Waals surface area contributed by atoms with Gasteiger partial charge in [-0.15, -0.1) is 8.93 Å². The minimum atomic E-state index is 0.857. The molecule has 0 spiro atoms. The van der Waals surface area contributed by atoms with Crippen LogP contribution in [-0.2, 0) is 0 Å². The fraction of sp³-hybridized carbons (Fsp3) is 1.00. The van der Waals surface area contributed by atoms with Crippen LogP contribution in [0.1, 0.15) is 20.8 Å². The van der Waals surface area contributed by atoms with Crippen molar-refractivity contribution in [1.82, 2.24) is 0 Å². The largest absolute Gasteiger partial charge is 0.114 e. The third-order valence-electron chi connectivity index (χ3n) is 1.26. The summed E-state index contributed by atoms with van der Waals surface area (Å²) < 4.78 is 0. The molecule has 0 saturated carbocycles. The van der Waals surface area contributed by atoms with Crippen LogP contribution in [0, 0.1) is 5.92 Å². The van der Waals surface area contributed by atoms with E-state index in [1.165, 1.54) is 0 Å². The van der Waals surface area contributed by atoms with Gasteiger partial charge in [-0.2, -0.15) is 0 Å². The molecule has 2 heteroatoms. The second kappa shape index (κ2) is 3.81. The molecule has 0 aliphatic rings. The molecule has 0 saturated heterocycles. The number of rotatable bonds is 2. The van der Waals surface area contributed by atoms with E-state index >= 15 is 0 Å². The van der Waals surface area contributed by atoms with Crippen LogP contribution in [0.2, 0.25) is 0 Å². The Morgan fingerprint density at radius 2 is 1.71 bits per heavy atom. The van der Waals surface area contributed by atoms with Crippen LogP contribution in [0.3, 0.4) is 0 Å². The molecule has 0 aromatic carbocycles. The van der Waals surface area contributed by atoms with Crippen molar-refractivity contribution >= 4 is 17.2 Å². The Bertz CT molecular complexity index is 43.3. The summed E-state index contributed by atoms with van der Waals surface area (Å²) in [5.74, 6) is 0.857. The van der Waals surface area contributed by atoms with Crippen molar-refractivity contribution in [1.29, 1.82) is 0 Å². The van der Waals surface area contributed by atoms with E-state index in [0.717, 1.165) is 19.8 Å². The predicted molar refractivity (Wildman–Crippen MR) is 42.3 cm³/mol. The molecule has 44 valence electrons. The lowest BCUT2D eigenvalue weighted by Gasteiger charge is -2.10. The van der Waals surface area contributed by atoms with Crippen LogP contribution in [0.25, 0.3) is 0 Å². The summed E-state index contributed by atoms with van der Waals surface area (Å²) in [6.45, 7) is 6.82. The minimum Gasteiger partial charge on any atom is -0.114 e. The van der Waals surface area contributed by atoms with Crippen LogP contribution >= 0.6 is 17.2 Å². The SMILES string of the molecule is CC(C)C(C)PP. The molecule has 0 bridgehead atoms. The van der Waals surface area contributed by atoms with Gasteiger partial charge in [0.2, 0.25) is 0 Å². The maximum atomic E-state index is 2.79. The van der Waals surface area contributed by atoms with E-state index in [1.54, 1.807) is 0 Å². The highest BCUT2D eigenvalue weighted by atomic mass is 32.0. The van der Waals surface area contributed by atoms with Gasteiger partial charge >= 0.3 is 0 Å². The molecular formula is C5H14P2. The summed E-state index contributed by atoms with van der Waals surface area (Å²) >= 11 is 0. The van der Waals surface area contributed by atoms with Crippen LogP contribution < -0.4 is 0 Å². The van der Waals surface area contributed by atoms with E-state index in [1.807, 2.05) is 0 Å². The van der Waals surface area contributed by atoms with Gasteiger partial charge < -0.3 is 0 Å². The fourth-order valence-corrected chi connectivity index (χ4v) is 1.73. The van der Waals surface area contributed by atoms with Gasteiger partial charge in [-0.3, -0.25) is 0 Å². The van der Waals surface area contributed by atoms with Gasteiger partial charge in [0, 0.05) is 0 Å². The highest BCUT2D eigenvalue weighted by molar-refractivity contribution is 8.03. The topological polar surface area (TPSA) is 0 Å². The summed E-state index contributed by atoms with van der Waals surface area (Å²) in [6, 6.07) is 0. The minimum absolute atomic E-state index is 0.857. The molecule has 0 rings (SSSR count). The average molecular weight is 136 g/mol. The van der Waals surface area contributed by atoms with Gasteiger partial charge in [0.1, 0.15) is 0 Å². The van der Waals surface area contributed by atoms with Gasteiger partial charge in [-0.1, -0.05) is 29.0 Å². The average Bonchev–Trinajstić information content (AvgIpc) is 1.65. The number of hydrogen-bond donors (Lipinski definition) is 0. The highest BCUT2D eigenvalue weighted by Gasteiger charge is 2.01. The first kappa shape index (κ1) is 7.86. The second-order valence-electron chi connectivity index (χ2n) is 2.20. The molecule has 7 heavy (non-hydrogen) atoms. The normalized spacial score (nSPS) is 16.7. The van der Waals surface area contributed by atoms with Crippen molar-refractivity contribution in [3.8, 4) is 0 Å². The molecule has 0 N–H and O–H groups in total. The van der Waals surface area contributed by atoms with Crippen LogP contribution in [-0.4, -0.2) is 5.66 Å². The van der Waals surface area contributed by atoms with Gasteiger partial charge in [-0.25, -0.2) is 0 Å². The summed E-state index contributed by atoms with van der Waals surface area (Å²) in [7, 11) is 3.82. The van der Waals surface area contributed by atoms with E-state index in [0.29, 0.717) is 0 Å². The molecule has 0 amide bonds. The Morgan fingerprint density at radius 1 is 1.29 bits per heavy atom. The zero-order valence-corrected chi connectivity index (χ0v) is 7.39. The molecular weight excluding hydrogens is 122 g/mol. The Labute approximate surface area is 50.3 Å². The maximum absolute atomic E-state index is 2.79. The summed E-state index contributed by atoms with van der Waals surface area (Å²) in [5, 5.41) is 0. The Morgan fingerprint density at radius 3 is 1.71 bits per heavy atom. The van der Waals surface area contributed by atoms with E-state index in [9.17, 15) is 0 Å². The van der Waals surface area contributed by atoms with Gasteiger partial charge in [0.15, 0.2) is 0 Å². The first-order valence-electron chi connectivity index (χ1n) is 2.64. The van der Waals surface area contributed by atoms with E-state index in [4.69, 9.17) is 0 Å². The molecule has 0 aliphatic heterocycles. The molecule has 0 nitrogen and oxygen atoms in total. The smallest absolute Gasteiger partial charge is 0.0208 e. The molecule has 0 fully saturated rings. The van der Waals surface area contributed by atoms with Crippen molar-refractivity contribution in [2.24, 2.45) is 5.92 Å². The Balaban J connectivity index is 3.14. The zero-order valence-electron chi connectivity index (χ0n) is 5.23. The van der Waals surface area contributed by atoms with Crippen molar-refractivity contribution in [2.45, 2.75) is 26.4 Å². The van der Waals surface area contributed by atoms with Crippen molar-refractivity contribution in [3.05, 3.63) is 0 Å². The Hall–Kier alpha value is 0.860. The van der Waals surface area contributed by atoms with E-state index in [-0.39, 0.29) is 0 Å². The Kier molecular flexibility index (Phi) is 4.28. The fourth-order valence-electron chi connectivity index (χ4n) is 0.192. The lowest BCUT2D eigenvalue weighted by atomic mass is 10.2. The van der Waals surface area contributed by atoms with E-state index in [2.05, 4.69) is 29.7 Å². The lowest BCUT2D eigenvalue weighted by Crippen LogP contribution is -2.00. The molecule has 0 heterocycles. The van der Waals surface area contributed by atoms with Crippen LogP contribution in [0.5, 0.6) is 0 Å². The van der Waals surface area contributed by atoms with Gasteiger partial charge in [0.25, 0.3) is 0 Å². The van der Waals surface area contributed by atoms with Crippen LogP contribution in [0.4, 0.5) is 0 Å². The maximum Gasteiger partial charge on any atom is -0.0208 e. The molecule has 0 aromatic rings. The van der Waals surface area contributed by atoms with E-state index < -0.39 is 0 Å². The quantitative estimate of drug-likeness (QED) is 0.511. The number of hydrogen-bond acceptors (Lipinski definition) is 0. The molecule has 3 atom stereocenters. The first-order valence-corrected chi connectivity index (χ1v) is 5.53. The lowest BCUT2D eigenvalue weighted by molar-refractivity contribution is 0.641. The zero-order chi connectivity index (χ0) is 5.86. The van der Waals surface area contributed by atoms with Crippen molar-refractivity contribution in [3.63, 3.8) is 0 Å². The van der Waals surface area contributed by atoms with Gasteiger partial charge in [-0.05, 0) is 11.6 Å². The molecule has 0 aliphatic carbocycles. The standard InChI is InChI=1S/C5H14P2/c1-4(2)5(3)7-6/h4-5,7H,6H2,1-3H3. The predicted octanol–water partition coefficient (Wildman–Crippen LogP) is 2.50.